The van der Waals surface area contributed by atoms with Crippen molar-refractivity contribution in [3.63, 3.8) is 0 Å². The fraction of sp³-hybridized carbons (Fsp3) is 0.278. The SMILES string of the molecule is Cc1ccc(NC(=S)N[C@@H](C)CCc2ccccc2)cc1F. The first-order valence-electron chi connectivity index (χ1n) is 7.42. The first kappa shape index (κ1) is 16.4. The molecule has 0 aliphatic rings. The van der Waals surface area contributed by atoms with Gasteiger partial charge in [0.2, 0.25) is 0 Å². The lowest BCUT2D eigenvalue weighted by atomic mass is 10.1. The van der Waals surface area contributed by atoms with Gasteiger partial charge >= 0.3 is 0 Å². The summed E-state index contributed by atoms with van der Waals surface area (Å²) in [7, 11) is 0. The smallest absolute Gasteiger partial charge is 0.170 e. The van der Waals surface area contributed by atoms with Crippen molar-refractivity contribution >= 4 is 23.0 Å². The number of nitrogens with one attached hydrogen (secondary N) is 2. The number of hydrogen-bond acceptors (Lipinski definition) is 1. The molecular formula is C18H21FN2S. The third kappa shape index (κ3) is 5.11. The zero-order valence-corrected chi connectivity index (χ0v) is 13.7. The topological polar surface area (TPSA) is 24.1 Å². The van der Waals surface area contributed by atoms with Crippen LogP contribution >= 0.6 is 12.2 Å². The molecule has 1 atom stereocenters. The number of anilines is 1. The summed E-state index contributed by atoms with van der Waals surface area (Å²) >= 11 is 5.27. The van der Waals surface area contributed by atoms with Crippen LogP contribution in [0, 0.1) is 12.7 Å². The van der Waals surface area contributed by atoms with E-state index in [0.717, 1.165) is 12.8 Å². The molecule has 116 valence electrons. The molecule has 2 rings (SSSR count). The second-order valence-electron chi connectivity index (χ2n) is 5.49. The molecule has 0 bridgehead atoms. The van der Waals surface area contributed by atoms with Crippen molar-refractivity contribution < 1.29 is 4.39 Å². The molecule has 0 heterocycles. The lowest BCUT2D eigenvalue weighted by Gasteiger charge is -2.17. The predicted octanol–water partition coefficient (Wildman–Crippen LogP) is 4.44. The van der Waals surface area contributed by atoms with Crippen molar-refractivity contribution in [1.82, 2.24) is 5.32 Å². The molecule has 0 aliphatic heterocycles. The van der Waals surface area contributed by atoms with Crippen molar-refractivity contribution in [2.45, 2.75) is 32.7 Å². The van der Waals surface area contributed by atoms with E-state index in [1.807, 2.05) is 24.3 Å². The minimum Gasteiger partial charge on any atom is -0.360 e. The number of aryl methyl sites for hydroxylation is 2. The average molecular weight is 316 g/mol. The fourth-order valence-corrected chi connectivity index (χ4v) is 2.48. The monoisotopic (exact) mass is 316 g/mol. The molecule has 22 heavy (non-hydrogen) atoms. The zero-order chi connectivity index (χ0) is 15.9. The molecule has 0 unspecified atom stereocenters. The van der Waals surface area contributed by atoms with Crippen LogP contribution in [0.15, 0.2) is 48.5 Å². The van der Waals surface area contributed by atoms with E-state index in [0.29, 0.717) is 16.4 Å². The van der Waals surface area contributed by atoms with Gasteiger partial charge in [-0.15, -0.1) is 0 Å². The van der Waals surface area contributed by atoms with Crippen molar-refractivity contribution in [3.8, 4) is 0 Å². The molecule has 0 spiro atoms. The Balaban J connectivity index is 1.79. The lowest BCUT2D eigenvalue weighted by molar-refractivity contribution is 0.609. The number of hydrogen-bond donors (Lipinski definition) is 2. The largest absolute Gasteiger partial charge is 0.360 e. The normalized spacial score (nSPS) is 11.8. The summed E-state index contributed by atoms with van der Waals surface area (Å²) in [5.74, 6) is -0.232. The minimum absolute atomic E-state index is 0.232. The van der Waals surface area contributed by atoms with Gasteiger partial charge in [0.15, 0.2) is 5.11 Å². The molecule has 0 aromatic heterocycles. The second-order valence-corrected chi connectivity index (χ2v) is 5.90. The van der Waals surface area contributed by atoms with Gasteiger partial charge in [-0.2, -0.15) is 0 Å². The quantitative estimate of drug-likeness (QED) is 0.797. The molecule has 2 nitrogen and oxygen atoms in total. The van der Waals surface area contributed by atoms with Gasteiger partial charge in [0.25, 0.3) is 0 Å². The van der Waals surface area contributed by atoms with Crippen molar-refractivity contribution in [3.05, 3.63) is 65.5 Å². The summed E-state index contributed by atoms with van der Waals surface area (Å²) in [6, 6.07) is 15.6. The molecule has 2 N–H and O–H groups in total. The third-order valence-electron chi connectivity index (χ3n) is 3.52. The Bertz CT molecular complexity index is 628. The van der Waals surface area contributed by atoms with Crippen LogP contribution in [0.2, 0.25) is 0 Å². The Kier molecular flexibility index (Phi) is 5.90. The van der Waals surface area contributed by atoms with Gasteiger partial charge in [-0.05, 0) is 62.2 Å². The molecule has 0 saturated carbocycles. The standard InChI is InChI=1S/C18H21FN2S/c1-13-8-11-16(12-17(13)19)21-18(22)20-14(2)9-10-15-6-4-3-5-7-15/h3-8,11-12,14H,9-10H2,1-2H3,(H2,20,21,22)/t14-/m0/s1. The Hall–Kier alpha value is -1.94. The van der Waals surface area contributed by atoms with Gasteiger partial charge in [-0.1, -0.05) is 36.4 Å². The van der Waals surface area contributed by atoms with E-state index in [9.17, 15) is 4.39 Å². The van der Waals surface area contributed by atoms with E-state index in [-0.39, 0.29) is 11.9 Å². The highest BCUT2D eigenvalue weighted by Gasteiger charge is 2.06. The Morgan fingerprint density at radius 3 is 2.59 bits per heavy atom. The number of halogens is 1. The second kappa shape index (κ2) is 7.90. The highest BCUT2D eigenvalue weighted by molar-refractivity contribution is 7.80. The summed E-state index contributed by atoms with van der Waals surface area (Å²) in [6.07, 6.45) is 1.98. The Morgan fingerprint density at radius 2 is 1.91 bits per heavy atom. The van der Waals surface area contributed by atoms with Gasteiger partial charge < -0.3 is 10.6 Å². The van der Waals surface area contributed by atoms with Gasteiger partial charge in [-0.3, -0.25) is 0 Å². The molecule has 0 saturated heterocycles. The molecule has 0 aliphatic carbocycles. The van der Waals surface area contributed by atoms with Gasteiger partial charge in [0, 0.05) is 11.7 Å². The fourth-order valence-electron chi connectivity index (χ4n) is 2.16. The lowest BCUT2D eigenvalue weighted by Crippen LogP contribution is -2.36. The van der Waals surface area contributed by atoms with Crippen LogP contribution < -0.4 is 10.6 Å². The molecular weight excluding hydrogens is 295 g/mol. The van der Waals surface area contributed by atoms with Crippen LogP contribution in [-0.2, 0) is 6.42 Å². The molecule has 4 heteroatoms. The van der Waals surface area contributed by atoms with Crippen LogP contribution in [-0.4, -0.2) is 11.2 Å². The average Bonchev–Trinajstić information content (AvgIpc) is 2.50. The maximum absolute atomic E-state index is 13.5. The van der Waals surface area contributed by atoms with Gasteiger partial charge in [-0.25, -0.2) is 4.39 Å². The molecule has 2 aromatic carbocycles. The number of thiocarbonyl (C=S) groups is 1. The highest BCUT2D eigenvalue weighted by Crippen LogP contribution is 2.13. The van der Waals surface area contributed by atoms with Gasteiger partial charge in [0.1, 0.15) is 5.82 Å². The summed E-state index contributed by atoms with van der Waals surface area (Å²) in [6.45, 7) is 3.83. The van der Waals surface area contributed by atoms with E-state index < -0.39 is 0 Å². The third-order valence-corrected chi connectivity index (χ3v) is 3.74. The molecule has 2 aromatic rings. The highest BCUT2D eigenvalue weighted by atomic mass is 32.1. The maximum atomic E-state index is 13.5. The van der Waals surface area contributed by atoms with Crippen molar-refractivity contribution in [1.29, 1.82) is 0 Å². The van der Waals surface area contributed by atoms with E-state index in [1.54, 1.807) is 13.0 Å². The Morgan fingerprint density at radius 1 is 1.18 bits per heavy atom. The van der Waals surface area contributed by atoms with Crippen LogP contribution in [0.4, 0.5) is 10.1 Å². The van der Waals surface area contributed by atoms with E-state index in [1.165, 1.54) is 11.6 Å². The first-order chi connectivity index (χ1) is 10.5. The van der Waals surface area contributed by atoms with Gasteiger partial charge in [0.05, 0.1) is 0 Å². The predicted molar refractivity (Wildman–Crippen MR) is 94.7 cm³/mol. The summed E-state index contributed by atoms with van der Waals surface area (Å²) in [5.41, 5.74) is 2.60. The number of benzene rings is 2. The summed E-state index contributed by atoms with van der Waals surface area (Å²) in [4.78, 5) is 0. The first-order valence-corrected chi connectivity index (χ1v) is 7.83. The van der Waals surface area contributed by atoms with Crippen LogP contribution in [0.5, 0.6) is 0 Å². The Labute approximate surface area is 136 Å². The van der Waals surface area contributed by atoms with Crippen LogP contribution in [0.25, 0.3) is 0 Å². The van der Waals surface area contributed by atoms with Crippen LogP contribution in [0.1, 0.15) is 24.5 Å². The molecule has 0 radical (unpaired) electrons. The van der Waals surface area contributed by atoms with E-state index in [4.69, 9.17) is 12.2 Å². The summed E-state index contributed by atoms with van der Waals surface area (Å²) in [5, 5.41) is 6.77. The van der Waals surface area contributed by atoms with E-state index >= 15 is 0 Å². The summed E-state index contributed by atoms with van der Waals surface area (Å²) < 4.78 is 13.5. The van der Waals surface area contributed by atoms with E-state index in [2.05, 4.69) is 29.7 Å². The molecule has 0 fully saturated rings. The van der Waals surface area contributed by atoms with Crippen molar-refractivity contribution in [2.75, 3.05) is 5.32 Å². The van der Waals surface area contributed by atoms with Crippen LogP contribution in [0.3, 0.4) is 0 Å². The van der Waals surface area contributed by atoms with Crippen molar-refractivity contribution in [2.24, 2.45) is 0 Å². The molecule has 0 amide bonds. The number of rotatable bonds is 5. The maximum Gasteiger partial charge on any atom is 0.170 e. The zero-order valence-electron chi connectivity index (χ0n) is 12.9. The minimum atomic E-state index is -0.232.